The number of nitrogens with zero attached hydrogens (tertiary/aromatic N) is 1. The van der Waals surface area contributed by atoms with Gasteiger partial charge < -0.3 is 14.5 Å². The van der Waals surface area contributed by atoms with E-state index < -0.39 is 22.6 Å². The number of halogens is 3. The summed E-state index contributed by atoms with van der Waals surface area (Å²) in [7, 11) is 1.26. The molecule has 0 saturated carbocycles. The number of benzene rings is 3. The van der Waals surface area contributed by atoms with E-state index in [0.29, 0.717) is 22.3 Å². The van der Waals surface area contributed by atoms with Gasteiger partial charge in [0.2, 0.25) is 5.75 Å². The minimum absolute atomic E-state index is 0.0170. The molecule has 0 unspecified atom stereocenters. The van der Waals surface area contributed by atoms with Crippen LogP contribution in [0.5, 0.6) is 5.75 Å². The lowest BCUT2D eigenvalue weighted by Crippen LogP contribution is -2.06. The number of nitro groups is 1. The number of hydrogen-bond donors (Lipinski definition) is 1. The predicted molar refractivity (Wildman–Crippen MR) is 127 cm³/mol. The van der Waals surface area contributed by atoms with Crippen molar-refractivity contribution in [3.05, 3.63) is 93.7 Å². The third-order valence-corrected chi connectivity index (χ3v) is 5.70. The van der Waals surface area contributed by atoms with Crippen molar-refractivity contribution in [2.45, 2.75) is 25.6 Å². The van der Waals surface area contributed by atoms with Gasteiger partial charge in [0, 0.05) is 29.8 Å². The number of nitro benzene ring substituents is 1. The number of ether oxygens (including phenoxy) is 2. The molecule has 1 heterocycles. The maximum atomic E-state index is 12.9. The number of aromatic nitrogens is 1. The van der Waals surface area contributed by atoms with Crippen molar-refractivity contribution in [1.82, 2.24) is 4.98 Å². The van der Waals surface area contributed by atoms with Gasteiger partial charge in [0.25, 0.3) is 0 Å². The molecule has 10 heteroatoms. The molecule has 1 N–H and O–H groups in total. The van der Waals surface area contributed by atoms with E-state index in [1.807, 2.05) is 18.2 Å². The van der Waals surface area contributed by atoms with Gasteiger partial charge in [-0.05, 0) is 64.9 Å². The van der Waals surface area contributed by atoms with Crippen LogP contribution >= 0.6 is 0 Å². The second-order valence-corrected chi connectivity index (χ2v) is 8.09. The SMILES string of the molecule is COC(=O)CCc1cc(-c2ccc3[nH]ccc3c2)c(OCc2ccc(C(F)(F)F)cc2)c([N+](=O)[O-])c1. The largest absolute Gasteiger partial charge is 0.482 e. The quantitative estimate of drug-likeness (QED) is 0.171. The number of carbonyl (C=O) groups excluding carboxylic acids is 1. The summed E-state index contributed by atoms with van der Waals surface area (Å²) >= 11 is 0. The van der Waals surface area contributed by atoms with Crippen LogP contribution < -0.4 is 4.74 Å². The second-order valence-electron chi connectivity index (χ2n) is 8.09. The molecule has 0 aliphatic carbocycles. The lowest BCUT2D eigenvalue weighted by Gasteiger charge is -2.15. The summed E-state index contributed by atoms with van der Waals surface area (Å²) in [6.45, 7) is -0.181. The number of nitrogens with one attached hydrogen (secondary N) is 1. The van der Waals surface area contributed by atoms with Crippen LogP contribution in [0.15, 0.2) is 66.9 Å². The Morgan fingerprint density at radius 3 is 2.44 bits per heavy atom. The molecule has 0 fully saturated rings. The van der Waals surface area contributed by atoms with Crippen molar-refractivity contribution in [1.29, 1.82) is 0 Å². The molecule has 0 spiro atoms. The number of aryl methyl sites for hydroxylation is 1. The van der Waals surface area contributed by atoms with E-state index >= 15 is 0 Å². The summed E-state index contributed by atoms with van der Waals surface area (Å²) in [5.74, 6) is -0.466. The highest BCUT2D eigenvalue weighted by Gasteiger charge is 2.30. The number of fused-ring (bicyclic) bond motifs is 1. The molecule has 186 valence electrons. The topological polar surface area (TPSA) is 94.5 Å². The van der Waals surface area contributed by atoms with Crippen LogP contribution in [-0.4, -0.2) is 23.0 Å². The van der Waals surface area contributed by atoms with Crippen LogP contribution in [0.2, 0.25) is 0 Å². The zero-order valence-corrected chi connectivity index (χ0v) is 19.1. The standard InChI is InChI=1S/C26H21F3N2O5/c1-35-24(32)9-4-17-12-21(18-5-8-22-19(14-18)10-11-30-22)25(23(13-17)31(33)34)36-15-16-2-6-20(7-3-16)26(27,28)29/h2-3,5-8,10-14,30H,4,9,15H2,1H3. The summed E-state index contributed by atoms with van der Waals surface area (Å²) in [5.41, 5.74) is 1.80. The highest BCUT2D eigenvalue weighted by molar-refractivity contribution is 5.87. The van der Waals surface area contributed by atoms with Gasteiger partial charge in [-0.25, -0.2) is 0 Å². The number of rotatable bonds is 8. The summed E-state index contributed by atoms with van der Waals surface area (Å²) < 4.78 is 49.2. The zero-order valence-electron chi connectivity index (χ0n) is 19.1. The van der Waals surface area contributed by atoms with Crippen LogP contribution in [0.3, 0.4) is 0 Å². The van der Waals surface area contributed by atoms with Gasteiger partial charge in [-0.3, -0.25) is 14.9 Å². The Balaban J connectivity index is 1.74. The molecule has 0 saturated heterocycles. The predicted octanol–water partition coefficient (Wildman–Crippen LogP) is 6.45. The van der Waals surface area contributed by atoms with E-state index in [0.717, 1.165) is 23.0 Å². The summed E-state index contributed by atoms with van der Waals surface area (Å²) in [6, 6.07) is 14.8. The van der Waals surface area contributed by atoms with Crippen molar-refractivity contribution in [3.8, 4) is 16.9 Å². The van der Waals surface area contributed by atoms with Gasteiger partial charge in [0.15, 0.2) is 0 Å². The van der Waals surface area contributed by atoms with E-state index in [9.17, 15) is 28.1 Å². The molecule has 0 aliphatic heterocycles. The fourth-order valence-corrected chi connectivity index (χ4v) is 3.83. The van der Waals surface area contributed by atoms with Crippen LogP contribution in [0, 0.1) is 10.1 Å². The molecule has 4 aromatic rings. The molecular formula is C26H21F3N2O5. The minimum Gasteiger partial charge on any atom is -0.482 e. The van der Waals surface area contributed by atoms with Gasteiger partial charge in [0.1, 0.15) is 6.61 Å². The number of carbonyl (C=O) groups is 1. The molecular weight excluding hydrogens is 477 g/mol. The number of aromatic amines is 1. The van der Waals surface area contributed by atoms with Crippen molar-refractivity contribution >= 4 is 22.6 Å². The zero-order chi connectivity index (χ0) is 25.9. The number of esters is 1. The van der Waals surface area contributed by atoms with Crippen LogP contribution in [0.4, 0.5) is 18.9 Å². The number of methoxy groups -OCH3 is 1. The Morgan fingerprint density at radius 2 is 1.78 bits per heavy atom. The Kier molecular flexibility index (Phi) is 6.96. The highest BCUT2D eigenvalue weighted by atomic mass is 19.4. The van der Waals surface area contributed by atoms with Crippen LogP contribution in [-0.2, 0) is 28.7 Å². The lowest BCUT2D eigenvalue weighted by atomic mass is 9.97. The van der Waals surface area contributed by atoms with Crippen molar-refractivity contribution in [3.63, 3.8) is 0 Å². The molecule has 1 aromatic heterocycles. The third-order valence-electron chi connectivity index (χ3n) is 5.70. The molecule has 4 rings (SSSR count). The molecule has 0 amide bonds. The highest BCUT2D eigenvalue weighted by Crippen LogP contribution is 2.41. The fourth-order valence-electron chi connectivity index (χ4n) is 3.83. The number of alkyl halides is 3. The summed E-state index contributed by atoms with van der Waals surface area (Å²) in [6.07, 6.45) is -2.45. The first-order chi connectivity index (χ1) is 17.2. The maximum absolute atomic E-state index is 12.9. The summed E-state index contributed by atoms with van der Waals surface area (Å²) in [5, 5.41) is 12.9. The van der Waals surface area contributed by atoms with Gasteiger partial charge in [0.05, 0.1) is 17.6 Å². The first-order valence-corrected chi connectivity index (χ1v) is 10.9. The van der Waals surface area contributed by atoms with Gasteiger partial charge in [-0.1, -0.05) is 18.2 Å². The Morgan fingerprint density at radius 1 is 1.03 bits per heavy atom. The first kappa shape index (κ1) is 24.8. The van der Waals surface area contributed by atoms with Crippen LogP contribution in [0.1, 0.15) is 23.1 Å². The first-order valence-electron chi connectivity index (χ1n) is 10.9. The lowest BCUT2D eigenvalue weighted by molar-refractivity contribution is -0.385. The minimum atomic E-state index is -4.47. The Hall–Kier alpha value is -4.34. The van der Waals surface area contributed by atoms with Crippen molar-refractivity contribution in [2.75, 3.05) is 7.11 Å². The Bertz CT molecular complexity index is 1410. The van der Waals surface area contributed by atoms with E-state index in [2.05, 4.69) is 9.72 Å². The van der Waals surface area contributed by atoms with E-state index in [1.165, 1.54) is 25.3 Å². The molecule has 0 atom stereocenters. The summed E-state index contributed by atoms with van der Waals surface area (Å²) in [4.78, 5) is 26.1. The number of hydrogen-bond acceptors (Lipinski definition) is 5. The average Bonchev–Trinajstić information content (AvgIpc) is 3.33. The van der Waals surface area contributed by atoms with E-state index in [1.54, 1.807) is 18.3 Å². The van der Waals surface area contributed by atoms with Gasteiger partial charge in [-0.15, -0.1) is 0 Å². The smallest absolute Gasteiger partial charge is 0.416 e. The maximum Gasteiger partial charge on any atom is 0.416 e. The second kappa shape index (κ2) is 10.1. The van der Waals surface area contributed by atoms with Crippen LogP contribution in [0.25, 0.3) is 22.0 Å². The number of H-pyrrole nitrogens is 1. The molecule has 7 nitrogen and oxygen atoms in total. The normalized spacial score (nSPS) is 11.4. The molecule has 0 radical (unpaired) electrons. The third kappa shape index (κ3) is 5.48. The Labute approximate surface area is 203 Å². The molecule has 0 aliphatic rings. The van der Waals surface area contributed by atoms with E-state index in [-0.39, 0.29) is 30.9 Å². The molecule has 36 heavy (non-hydrogen) atoms. The van der Waals surface area contributed by atoms with Gasteiger partial charge >= 0.3 is 17.8 Å². The average molecular weight is 498 g/mol. The molecule has 3 aromatic carbocycles. The van der Waals surface area contributed by atoms with E-state index in [4.69, 9.17) is 4.74 Å². The monoisotopic (exact) mass is 498 g/mol. The fraction of sp³-hybridized carbons (Fsp3) is 0.192. The van der Waals surface area contributed by atoms with Gasteiger partial charge in [-0.2, -0.15) is 13.2 Å². The van der Waals surface area contributed by atoms with Crippen molar-refractivity contribution < 1.29 is 32.4 Å². The molecule has 0 bridgehead atoms. The van der Waals surface area contributed by atoms with Crippen molar-refractivity contribution in [2.24, 2.45) is 0 Å².